The van der Waals surface area contributed by atoms with E-state index in [-0.39, 0.29) is 12.1 Å². The number of nitrogens with zero attached hydrogens (tertiary/aromatic N) is 1. The third kappa shape index (κ3) is 3.23. The van der Waals surface area contributed by atoms with Crippen molar-refractivity contribution in [2.45, 2.75) is 57.1 Å². The second-order valence-corrected chi connectivity index (χ2v) is 5.70. The molecule has 0 spiro atoms. The first-order valence-corrected chi connectivity index (χ1v) is 7.49. The van der Waals surface area contributed by atoms with E-state index >= 15 is 0 Å². The van der Waals surface area contributed by atoms with Crippen LogP contribution < -0.4 is 5.32 Å². The van der Waals surface area contributed by atoms with Gasteiger partial charge in [0.25, 0.3) is 0 Å². The Labute approximate surface area is 119 Å². The summed E-state index contributed by atoms with van der Waals surface area (Å²) in [4.78, 5) is 25.4. The zero-order valence-electron chi connectivity index (χ0n) is 12.1. The van der Waals surface area contributed by atoms with Gasteiger partial charge in [-0.25, -0.2) is 9.59 Å². The van der Waals surface area contributed by atoms with Gasteiger partial charge in [-0.15, -0.1) is 0 Å². The first-order valence-electron chi connectivity index (χ1n) is 7.49. The van der Waals surface area contributed by atoms with Gasteiger partial charge >= 0.3 is 12.0 Å². The maximum atomic E-state index is 12.3. The number of aliphatic carboxylic acids is 1. The highest BCUT2D eigenvalue weighted by Gasteiger charge is 2.43. The minimum absolute atomic E-state index is 0.0880. The molecule has 0 aromatic heterocycles. The normalized spacial score (nSPS) is 24.6. The van der Waals surface area contributed by atoms with Crippen molar-refractivity contribution in [3.05, 3.63) is 0 Å². The molecule has 2 rings (SSSR count). The van der Waals surface area contributed by atoms with Gasteiger partial charge in [-0.2, -0.15) is 0 Å². The molecule has 0 bridgehead atoms. The van der Waals surface area contributed by atoms with Crippen LogP contribution in [-0.2, 0) is 9.53 Å². The SMILES string of the molecule is CCN(CC1CCCO1)C(=O)NC1(C(=O)O)CCCC1. The Morgan fingerprint density at radius 3 is 2.55 bits per heavy atom. The minimum atomic E-state index is -1.07. The van der Waals surface area contributed by atoms with Crippen molar-refractivity contribution in [3.8, 4) is 0 Å². The van der Waals surface area contributed by atoms with E-state index in [1.165, 1.54) is 0 Å². The van der Waals surface area contributed by atoms with Gasteiger partial charge in [-0.1, -0.05) is 12.8 Å². The minimum Gasteiger partial charge on any atom is -0.480 e. The van der Waals surface area contributed by atoms with Crippen molar-refractivity contribution in [2.24, 2.45) is 0 Å². The topological polar surface area (TPSA) is 78.9 Å². The number of carbonyl (C=O) groups excluding carboxylic acids is 1. The predicted molar refractivity (Wildman–Crippen MR) is 73.6 cm³/mol. The summed E-state index contributed by atoms with van der Waals surface area (Å²) in [5.74, 6) is -0.920. The number of hydrogen-bond acceptors (Lipinski definition) is 3. The zero-order chi connectivity index (χ0) is 14.6. The van der Waals surface area contributed by atoms with Crippen molar-refractivity contribution in [1.82, 2.24) is 10.2 Å². The van der Waals surface area contributed by atoms with Crippen LogP contribution >= 0.6 is 0 Å². The van der Waals surface area contributed by atoms with E-state index in [0.29, 0.717) is 25.9 Å². The molecule has 0 aromatic carbocycles. The summed E-state index contributed by atoms with van der Waals surface area (Å²) >= 11 is 0. The molecular formula is C14H24N2O4. The summed E-state index contributed by atoms with van der Waals surface area (Å²) < 4.78 is 5.54. The van der Waals surface area contributed by atoms with Gasteiger partial charge in [0.05, 0.1) is 6.10 Å². The van der Waals surface area contributed by atoms with E-state index in [4.69, 9.17) is 4.74 Å². The highest BCUT2D eigenvalue weighted by molar-refractivity contribution is 5.86. The summed E-state index contributed by atoms with van der Waals surface area (Å²) in [6.45, 7) is 3.75. The Morgan fingerprint density at radius 2 is 2.05 bits per heavy atom. The van der Waals surface area contributed by atoms with Gasteiger partial charge in [0.2, 0.25) is 0 Å². The lowest BCUT2D eigenvalue weighted by Gasteiger charge is -2.31. The highest BCUT2D eigenvalue weighted by atomic mass is 16.5. The first kappa shape index (κ1) is 15.1. The molecule has 2 N–H and O–H groups in total. The van der Waals surface area contributed by atoms with Crippen LogP contribution in [0.1, 0.15) is 45.4 Å². The zero-order valence-corrected chi connectivity index (χ0v) is 12.1. The number of ether oxygens (including phenoxy) is 1. The number of likely N-dealkylation sites (N-methyl/N-ethyl adjacent to an activating group) is 1. The molecule has 2 fully saturated rings. The molecule has 114 valence electrons. The number of carboxylic acids is 1. The molecule has 20 heavy (non-hydrogen) atoms. The number of carbonyl (C=O) groups is 2. The molecule has 0 radical (unpaired) electrons. The average molecular weight is 284 g/mol. The van der Waals surface area contributed by atoms with Crippen molar-refractivity contribution in [1.29, 1.82) is 0 Å². The van der Waals surface area contributed by atoms with Crippen molar-refractivity contribution >= 4 is 12.0 Å². The van der Waals surface area contributed by atoms with Gasteiger partial charge in [-0.3, -0.25) is 0 Å². The highest BCUT2D eigenvalue weighted by Crippen LogP contribution is 2.30. The molecule has 2 aliphatic rings. The molecule has 1 atom stereocenters. The Kier molecular flexibility index (Phi) is 4.86. The van der Waals surface area contributed by atoms with E-state index in [1.54, 1.807) is 4.90 Å². The molecule has 2 amide bonds. The number of rotatable bonds is 5. The van der Waals surface area contributed by atoms with Gasteiger partial charge in [0.15, 0.2) is 0 Å². The van der Waals surface area contributed by atoms with Gasteiger partial charge < -0.3 is 20.1 Å². The molecule has 6 heteroatoms. The maximum absolute atomic E-state index is 12.3. The van der Waals surface area contributed by atoms with Crippen LogP contribution in [0.25, 0.3) is 0 Å². The Balaban J connectivity index is 1.95. The summed E-state index contributed by atoms with van der Waals surface area (Å²) in [6.07, 6.45) is 4.83. The summed E-state index contributed by atoms with van der Waals surface area (Å²) in [5.41, 5.74) is -1.07. The first-order chi connectivity index (χ1) is 9.57. The standard InChI is InChI=1S/C14H24N2O4/c1-2-16(10-11-6-5-9-20-11)13(19)15-14(12(17)18)7-3-4-8-14/h11H,2-10H2,1H3,(H,15,19)(H,17,18). The lowest BCUT2D eigenvalue weighted by Crippen LogP contribution is -2.57. The van der Waals surface area contributed by atoms with E-state index in [2.05, 4.69) is 5.32 Å². The quantitative estimate of drug-likeness (QED) is 0.803. The molecule has 0 aromatic rings. The smallest absolute Gasteiger partial charge is 0.329 e. The maximum Gasteiger partial charge on any atom is 0.329 e. The Bertz CT molecular complexity index is 360. The second kappa shape index (κ2) is 6.43. The molecule has 1 aliphatic heterocycles. The average Bonchev–Trinajstić information content (AvgIpc) is 3.07. The van der Waals surface area contributed by atoms with E-state index in [0.717, 1.165) is 32.3 Å². The fourth-order valence-corrected chi connectivity index (χ4v) is 3.04. The number of carboxylic acid groups (broad SMARTS) is 1. The number of hydrogen-bond donors (Lipinski definition) is 2. The number of nitrogens with one attached hydrogen (secondary N) is 1. The van der Waals surface area contributed by atoms with Crippen LogP contribution in [0.2, 0.25) is 0 Å². The lowest BCUT2D eigenvalue weighted by molar-refractivity contribution is -0.144. The van der Waals surface area contributed by atoms with E-state index in [1.807, 2.05) is 6.92 Å². The van der Waals surface area contributed by atoms with Gasteiger partial charge in [-0.05, 0) is 32.6 Å². The number of amides is 2. The van der Waals surface area contributed by atoms with Crippen molar-refractivity contribution < 1.29 is 19.4 Å². The molecule has 1 saturated carbocycles. The fourth-order valence-electron chi connectivity index (χ4n) is 3.04. The second-order valence-electron chi connectivity index (χ2n) is 5.70. The van der Waals surface area contributed by atoms with Gasteiger partial charge in [0.1, 0.15) is 5.54 Å². The van der Waals surface area contributed by atoms with Gasteiger partial charge in [0, 0.05) is 19.7 Å². The monoisotopic (exact) mass is 284 g/mol. The van der Waals surface area contributed by atoms with Crippen LogP contribution in [0.4, 0.5) is 4.79 Å². The molecule has 6 nitrogen and oxygen atoms in total. The molecule has 1 aliphatic carbocycles. The summed E-state index contributed by atoms with van der Waals surface area (Å²) in [7, 11) is 0. The third-order valence-corrected chi connectivity index (χ3v) is 4.33. The molecule has 1 saturated heterocycles. The predicted octanol–water partition coefficient (Wildman–Crippen LogP) is 1.59. The van der Waals surface area contributed by atoms with Crippen LogP contribution in [0.3, 0.4) is 0 Å². The fraction of sp³-hybridized carbons (Fsp3) is 0.857. The lowest BCUT2D eigenvalue weighted by atomic mass is 9.98. The van der Waals surface area contributed by atoms with E-state index in [9.17, 15) is 14.7 Å². The molecule has 1 unspecified atom stereocenters. The van der Waals surface area contributed by atoms with Crippen LogP contribution in [0, 0.1) is 0 Å². The van der Waals surface area contributed by atoms with Crippen LogP contribution in [-0.4, -0.2) is 53.3 Å². The number of urea groups is 1. The summed E-state index contributed by atoms with van der Waals surface area (Å²) in [6, 6.07) is -0.285. The van der Waals surface area contributed by atoms with Crippen LogP contribution in [0.5, 0.6) is 0 Å². The van der Waals surface area contributed by atoms with Crippen molar-refractivity contribution in [2.75, 3.05) is 19.7 Å². The Morgan fingerprint density at radius 1 is 1.35 bits per heavy atom. The van der Waals surface area contributed by atoms with Crippen molar-refractivity contribution in [3.63, 3.8) is 0 Å². The molecule has 1 heterocycles. The third-order valence-electron chi connectivity index (χ3n) is 4.33. The molecular weight excluding hydrogens is 260 g/mol. The van der Waals surface area contributed by atoms with Crippen LogP contribution in [0.15, 0.2) is 0 Å². The largest absolute Gasteiger partial charge is 0.480 e. The van der Waals surface area contributed by atoms with E-state index < -0.39 is 11.5 Å². The summed E-state index contributed by atoms with van der Waals surface area (Å²) in [5, 5.41) is 12.1. The Hall–Kier alpha value is -1.30.